The van der Waals surface area contributed by atoms with Crippen molar-refractivity contribution in [3.63, 3.8) is 0 Å². The van der Waals surface area contributed by atoms with E-state index in [4.69, 9.17) is 10.5 Å². The summed E-state index contributed by atoms with van der Waals surface area (Å²) in [5.74, 6) is 0.987. The third kappa shape index (κ3) is 2.89. The fraction of sp³-hybridized carbons (Fsp3) is 0.455. The van der Waals surface area contributed by atoms with Gasteiger partial charge in [-0.25, -0.2) is 0 Å². The maximum absolute atomic E-state index is 5.50. The lowest BCUT2D eigenvalue weighted by molar-refractivity contribution is 0.408. The van der Waals surface area contributed by atoms with Crippen LogP contribution in [0, 0.1) is 13.8 Å². The van der Waals surface area contributed by atoms with Crippen molar-refractivity contribution < 1.29 is 4.74 Å². The molecule has 14 heavy (non-hydrogen) atoms. The highest BCUT2D eigenvalue weighted by molar-refractivity contribution is 5.85. The monoisotopic (exact) mass is 215 g/mol. The molecule has 0 fully saturated rings. The number of ether oxygens (including phenoxy) is 1. The van der Waals surface area contributed by atoms with Crippen LogP contribution in [-0.4, -0.2) is 13.7 Å². The summed E-state index contributed by atoms with van der Waals surface area (Å²) < 4.78 is 5.28. The van der Waals surface area contributed by atoms with E-state index in [2.05, 4.69) is 26.0 Å². The van der Waals surface area contributed by atoms with Crippen LogP contribution in [0.1, 0.15) is 16.7 Å². The first-order chi connectivity index (χ1) is 6.19. The quantitative estimate of drug-likeness (QED) is 0.840. The van der Waals surface area contributed by atoms with Crippen LogP contribution in [0.2, 0.25) is 0 Å². The number of nitrogens with two attached hydrogens (primary N) is 1. The SMILES string of the molecule is COc1c(C)cc(CCN)cc1C.Cl. The molecule has 0 aliphatic rings. The van der Waals surface area contributed by atoms with Gasteiger partial charge in [-0.2, -0.15) is 0 Å². The van der Waals surface area contributed by atoms with E-state index in [0.29, 0.717) is 6.54 Å². The molecule has 2 nitrogen and oxygen atoms in total. The predicted molar refractivity (Wildman–Crippen MR) is 62.5 cm³/mol. The zero-order valence-electron chi connectivity index (χ0n) is 8.96. The molecule has 80 valence electrons. The zero-order chi connectivity index (χ0) is 9.84. The van der Waals surface area contributed by atoms with Crippen molar-refractivity contribution in [3.05, 3.63) is 28.8 Å². The van der Waals surface area contributed by atoms with Gasteiger partial charge in [0.25, 0.3) is 0 Å². The molecule has 0 bridgehead atoms. The molecule has 2 N–H and O–H groups in total. The van der Waals surface area contributed by atoms with Gasteiger partial charge in [-0.3, -0.25) is 0 Å². The van der Waals surface area contributed by atoms with Gasteiger partial charge in [0.15, 0.2) is 0 Å². The van der Waals surface area contributed by atoms with E-state index in [1.807, 2.05) is 0 Å². The molecule has 1 rings (SSSR count). The molecule has 0 amide bonds. The minimum absolute atomic E-state index is 0. The minimum Gasteiger partial charge on any atom is -0.496 e. The number of aryl methyl sites for hydroxylation is 2. The number of rotatable bonds is 3. The maximum atomic E-state index is 5.50. The van der Waals surface area contributed by atoms with E-state index in [9.17, 15) is 0 Å². The molecule has 0 atom stereocenters. The van der Waals surface area contributed by atoms with E-state index in [0.717, 1.165) is 12.2 Å². The highest BCUT2D eigenvalue weighted by Crippen LogP contribution is 2.24. The summed E-state index contributed by atoms with van der Waals surface area (Å²) in [6.45, 7) is 4.82. The summed E-state index contributed by atoms with van der Waals surface area (Å²) >= 11 is 0. The molecule has 0 saturated carbocycles. The van der Waals surface area contributed by atoms with Crippen LogP contribution < -0.4 is 10.5 Å². The van der Waals surface area contributed by atoms with Crippen LogP contribution in [0.3, 0.4) is 0 Å². The van der Waals surface area contributed by atoms with Gasteiger partial charge in [0.2, 0.25) is 0 Å². The van der Waals surface area contributed by atoms with E-state index in [1.165, 1.54) is 16.7 Å². The Morgan fingerprint density at radius 2 is 1.71 bits per heavy atom. The van der Waals surface area contributed by atoms with Crippen LogP contribution in [0.5, 0.6) is 5.75 Å². The second-order valence-electron chi connectivity index (χ2n) is 3.30. The lowest BCUT2D eigenvalue weighted by Crippen LogP contribution is -2.03. The van der Waals surface area contributed by atoms with Crippen molar-refractivity contribution in [1.29, 1.82) is 0 Å². The molecular formula is C11H18ClNO. The lowest BCUT2D eigenvalue weighted by atomic mass is 10.0. The molecule has 0 spiro atoms. The van der Waals surface area contributed by atoms with Crippen LogP contribution in [0.25, 0.3) is 0 Å². The van der Waals surface area contributed by atoms with Crippen LogP contribution >= 0.6 is 12.4 Å². The van der Waals surface area contributed by atoms with Gasteiger partial charge in [-0.05, 0) is 43.5 Å². The molecule has 0 aromatic heterocycles. The standard InChI is InChI=1S/C11H17NO.ClH/c1-8-6-10(4-5-12)7-9(2)11(8)13-3;/h6-7H,4-5,12H2,1-3H3;1H. The summed E-state index contributed by atoms with van der Waals surface area (Å²) in [5, 5.41) is 0. The summed E-state index contributed by atoms with van der Waals surface area (Å²) in [7, 11) is 1.71. The number of hydrogen-bond donors (Lipinski definition) is 1. The van der Waals surface area contributed by atoms with E-state index in [-0.39, 0.29) is 12.4 Å². The highest BCUT2D eigenvalue weighted by Gasteiger charge is 2.03. The average Bonchev–Trinajstić information content (AvgIpc) is 2.04. The van der Waals surface area contributed by atoms with E-state index >= 15 is 0 Å². The first kappa shape index (κ1) is 13.3. The Kier molecular flexibility index (Phi) is 5.58. The molecule has 0 aliphatic carbocycles. The normalized spacial score (nSPS) is 9.43. The van der Waals surface area contributed by atoms with Crippen molar-refractivity contribution in [2.24, 2.45) is 5.73 Å². The van der Waals surface area contributed by atoms with Gasteiger partial charge in [0.05, 0.1) is 7.11 Å². The number of hydrogen-bond acceptors (Lipinski definition) is 2. The molecule has 0 unspecified atom stereocenters. The second-order valence-corrected chi connectivity index (χ2v) is 3.30. The second kappa shape index (κ2) is 5.89. The summed E-state index contributed by atoms with van der Waals surface area (Å²) in [6, 6.07) is 4.28. The minimum atomic E-state index is 0. The van der Waals surface area contributed by atoms with Crippen molar-refractivity contribution in [1.82, 2.24) is 0 Å². The molecule has 0 aliphatic heterocycles. The topological polar surface area (TPSA) is 35.2 Å². The van der Waals surface area contributed by atoms with Crippen LogP contribution in [0.15, 0.2) is 12.1 Å². The van der Waals surface area contributed by atoms with Crippen molar-refractivity contribution in [2.75, 3.05) is 13.7 Å². The van der Waals surface area contributed by atoms with Gasteiger partial charge >= 0.3 is 0 Å². The molecule has 0 radical (unpaired) electrons. The highest BCUT2D eigenvalue weighted by atomic mass is 35.5. The Bertz CT molecular complexity index is 276. The molecule has 0 heterocycles. The van der Waals surface area contributed by atoms with Gasteiger partial charge < -0.3 is 10.5 Å². The first-order valence-corrected chi connectivity index (χ1v) is 4.53. The molecule has 1 aromatic carbocycles. The third-order valence-electron chi connectivity index (χ3n) is 2.16. The van der Waals surface area contributed by atoms with Crippen molar-refractivity contribution in [2.45, 2.75) is 20.3 Å². The number of methoxy groups -OCH3 is 1. The van der Waals surface area contributed by atoms with Crippen molar-refractivity contribution >= 4 is 12.4 Å². The summed E-state index contributed by atoms with van der Waals surface area (Å²) in [4.78, 5) is 0. The molecular weight excluding hydrogens is 198 g/mol. The Hall–Kier alpha value is -0.730. The van der Waals surface area contributed by atoms with Gasteiger partial charge in [0.1, 0.15) is 5.75 Å². The van der Waals surface area contributed by atoms with E-state index in [1.54, 1.807) is 7.11 Å². The molecule has 3 heteroatoms. The first-order valence-electron chi connectivity index (χ1n) is 4.53. The summed E-state index contributed by atoms with van der Waals surface area (Å²) in [5.41, 5.74) is 9.16. The van der Waals surface area contributed by atoms with Crippen LogP contribution in [-0.2, 0) is 6.42 Å². The van der Waals surface area contributed by atoms with Gasteiger partial charge in [-0.1, -0.05) is 12.1 Å². The largest absolute Gasteiger partial charge is 0.496 e. The number of benzene rings is 1. The molecule has 0 saturated heterocycles. The Balaban J connectivity index is 0.00000169. The lowest BCUT2D eigenvalue weighted by Gasteiger charge is -2.10. The Morgan fingerprint density at radius 3 is 2.07 bits per heavy atom. The maximum Gasteiger partial charge on any atom is 0.124 e. The summed E-state index contributed by atoms with van der Waals surface area (Å²) in [6.07, 6.45) is 0.936. The molecule has 1 aromatic rings. The Labute approximate surface area is 91.9 Å². The van der Waals surface area contributed by atoms with Crippen LogP contribution in [0.4, 0.5) is 0 Å². The smallest absolute Gasteiger partial charge is 0.124 e. The van der Waals surface area contributed by atoms with Crippen molar-refractivity contribution in [3.8, 4) is 5.75 Å². The fourth-order valence-corrected chi connectivity index (χ4v) is 1.67. The number of halogens is 1. The van der Waals surface area contributed by atoms with Gasteiger partial charge in [0, 0.05) is 0 Å². The van der Waals surface area contributed by atoms with E-state index < -0.39 is 0 Å². The zero-order valence-corrected chi connectivity index (χ0v) is 9.78. The van der Waals surface area contributed by atoms with Gasteiger partial charge in [-0.15, -0.1) is 12.4 Å². The third-order valence-corrected chi connectivity index (χ3v) is 2.16. The average molecular weight is 216 g/mol. The Morgan fingerprint density at radius 1 is 1.21 bits per heavy atom. The fourth-order valence-electron chi connectivity index (χ4n) is 1.67. The predicted octanol–water partition coefficient (Wildman–Crippen LogP) is 2.24.